The summed E-state index contributed by atoms with van der Waals surface area (Å²) in [6.07, 6.45) is 5.51. The molecular weight excluding hydrogens is 520 g/mol. The van der Waals surface area contributed by atoms with Gasteiger partial charge in [0.2, 0.25) is 0 Å². The molecule has 4 aromatic rings. The number of likely N-dealkylation sites (N-methyl/N-ethyl adjacent to an activating group) is 1. The topological polar surface area (TPSA) is 74.7 Å². The van der Waals surface area contributed by atoms with Crippen molar-refractivity contribution >= 4 is 22.5 Å². The van der Waals surface area contributed by atoms with Crippen LogP contribution in [0.3, 0.4) is 0 Å². The molecule has 0 aliphatic carbocycles. The molecule has 0 bridgehead atoms. The largest absolute Gasteiger partial charge is 0.403 e. The third-order valence-electron chi connectivity index (χ3n) is 7.96. The van der Waals surface area contributed by atoms with E-state index in [1.165, 1.54) is 24.6 Å². The quantitative estimate of drug-likeness (QED) is 0.298. The number of likely N-dealkylation sites (tertiary alicyclic amines) is 1. The van der Waals surface area contributed by atoms with Crippen LogP contribution in [0.5, 0.6) is 0 Å². The zero-order chi connectivity index (χ0) is 28.4. The van der Waals surface area contributed by atoms with E-state index in [0.29, 0.717) is 21.8 Å². The fraction of sp³-hybridized carbons (Fsp3) is 0.242. The Morgan fingerprint density at radius 1 is 1.07 bits per heavy atom. The summed E-state index contributed by atoms with van der Waals surface area (Å²) in [6, 6.07) is 22.8. The molecule has 3 N–H and O–H groups in total. The molecule has 0 amide bonds. The van der Waals surface area contributed by atoms with Crippen molar-refractivity contribution in [1.82, 2.24) is 14.4 Å². The van der Waals surface area contributed by atoms with Gasteiger partial charge in [0.15, 0.2) is 5.60 Å². The highest BCUT2D eigenvalue weighted by molar-refractivity contribution is 6.30. The highest BCUT2D eigenvalue weighted by Crippen LogP contribution is 2.40. The van der Waals surface area contributed by atoms with Crippen LogP contribution in [0.4, 0.5) is 0 Å². The summed E-state index contributed by atoms with van der Waals surface area (Å²) in [6.45, 7) is 7.02. The first-order valence-electron chi connectivity index (χ1n) is 13.5. The van der Waals surface area contributed by atoms with E-state index < -0.39 is 5.60 Å². The number of fused-ring (bicyclic) bond motifs is 1. The molecule has 40 heavy (non-hydrogen) atoms. The first-order valence-corrected chi connectivity index (χ1v) is 13.9. The van der Waals surface area contributed by atoms with Crippen LogP contribution in [0, 0.1) is 0 Å². The summed E-state index contributed by atoms with van der Waals surface area (Å²) in [4.78, 5) is 17.1. The Morgan fingerprint density at radius 2 is 1.77 bits per heavy atom. The maximum atomic E-state index is 12.9. The van der Waals surface area contributed by atoms with Gasteiger partial charge in [-0.3, -0.25) is 9.69 Å². The summed E-state index contributed by atoms with van der Waals surface area (Å²) in [5, 5.41) is 14.0. The minimum absolute atomic E-state index is 0.131. The number of halogens is 1. The molecule has 0 radical (unpaired) electrons. The number of aromatic nitrogens is 1. The zero-order valence-electron chi connectivity index (χ0n) is 23.0. The summed E-state index contributed by atoms with van der Waals surface area (Å²) in [5.74, 6) is 0. The smallest absolute Gasteiger partial charge is 0.251 e. The standard InChI is InChI=1S/C33H35ClN4O2/c1-4-36(2)31(21-35)33(40,25-12-10-23(11-13-25)22-38-16-5-6-17-38)26-14-15-30-29(19-26)28(20-32(39)37(30)3)24-8-7-9-27(34)18-24/h4,7-15,18-21,40H,1,5-6,16-17,22,35H2,2-3H3/b31-21-. The van der Waals surface area contributed by atoms with E-state index in [-0.39, 0.29) is 5.56 Å². The fourth-order valence-electron chi connectivity index (χ4n) is 5.69. The molecule has 2 heterocycles. The van der Waals surface area contributed by atoms with Gasteiger partial charge in [0, 0.05) is 43.3 Å². The van der Waals surface area contributed by atoms with Gasteiger partial charge in [-0.2, -0.15) is 0 Å². The van der Waals surface area contributed by atoms with Crippen molar-refractivity contribution < 1.29 is 5.11 Å². The molecule has 1 aromatic heterocycles. The lowest BCUT2D eigenvalue weighted by molar-refractivity contribution is 0.0968. The lowest BCUT2D eigenvalue weighted by Gasteiger charge is -2.36. The van der Waals surface area contributed by atoms with Crippen LogP contribution in [0.15, 0.2) is 102 Å². The lowest BCUT2D eigenvalue weighted by Crippen LogP contribution is -2.37. The minimum Gasteiger partial charge on any atom is -0.403 e. The van der Waals surface area contributed by atoms with E-state index in [1.54, 1.807) is 41.9 Å². The molecule has 0 spiro atoms. The summed E-state index contributed by atoms with van der Waals surface area (Å²) in [5.41, 5.74) is 9.68. The molecule has 5 rings (SSSR count). The monoisotopic (exact) mass is 554 g/mol. The van der Waals surface area contributed by atoms with Crippen LogP contribution in [0.2, 0.25) is 5.02 Å². The van der Waals surface area contributed by atoms with E-state index in [0.717, 1.165) is 41.7 Å². The molecule has 6 nitrogen and oxygen atoms in total. The summed E-state index contributed by atoms with van der Waals surface area (Å²) < 4.78 is 1.61. The molecule has 1 fully saturated rings. The second-order valence-electron chi connectivity index (χ2n) is 10.4. The maximum absolute atomic E-state index is 12.9. The SMILES string of the molecule is C=CN(C)/C(=C\N)C(O)(c1ccc(CN2CCCC2)cc1)c1ccc2c(c1)c(-c1cccc(Cl)c1)cc(=O)n2C. The summed E-state index contributed by atoms with van der Waals surface area (Å²) in [7, 11) is 3.55. The number of pyridine rings is 1. The second-order valence-corrected chi connectivity index (χ2v) is 10.9. The Labute approximate surface area is 240 Å². The minimum atomic E-state index is -1.60. The normalized spacial score (nSPS) is 15.8. The van der Waals surface area contributed by atoms with Crippen LogP contribution in [-0.2, 0) is 19.2 Å². The van der Waals surface area contributed by atoms with Gasteiger partial charge in [-0.25, -0.2) is 0 Å². The Bertz CT molecular complexity index is 1640. The Morgan fingerprint density at radius 3 is 2.42 bits per heavy atom. The van der Waals surface area contributed by atoms with Crippen LogP contribution in [0.1, 0.15) is 29.5 Å². The average molecular weight is 555 g/mol. The highest BCUT2D eigenvalue weighted by Gasteiger charge is 2.38. The van der Waals surface area contributed by atoms with Crippen molar-refractivity contribution in [1.29, 1.82) is 0 Å². The molecule has 7 heteroatoms. The third kappa shape index (κ3) is 5.06. The number of aliphatic hydroxyl groups is 1. The number of rotatable bonds is 8. The van der Waals surface area contributed by atoms with Crippen LogP contribution < -0.4 is 11.3 Å². The second kappa shape index (κ2) is 11.3. The summed E-state index contributed by atoms with van der Waals surface area (Å²) >= 11 is 6.32. The molecule has 1 atom stereocenters. The van der Waals surface area contributed by atoms with Crippen LogP contribution in [-0.4, -0.2) is 39.6 Å². The molecule has 206 valence electrons. The van der Waals surface area contributed by atoms with Crippen molar-refractivity contribution in [2.24, 2.45) is 12.8 Å². The molecule has 1 unspecified atom stereocenters. The molecule has 3 aromatic carbocycles. The first-order chi connectivity index (χ1) is 19.3. The molecule has 1 aliphatic rings. The zero-order valence-corrected chi connectivity index (χ0v) is 23.7. The number of aryl methyl sites for hydroxylation is 1. The van der Waals surface area contributed by atoms with E-state index >= 15 is 0 Å². The van der Waals surface area contributed by atoms with Gasteiger partial charge in [-0.1, -0.05) is 60.6 Å². The Hall–Kier alpha value is -3.84. The van der Waals surface area contributed by atoms with E-state index in [2.05, 4.69) is 23.6 Å². The van der Waals surface area contributed by atoms with Crippen molar-refractivity contribution in [3.8, 4) is 11.1 Å². The van der Waals surface area contributed by atoms with Crippen LogP contribution >= 0.6 is 11.6 Å². The molecular formula is C33H35ClN4O2. The molecule has 1 aliphatic heterocycles. The number of benzene rings is 3. The van der Waals surface area contributed by atoms with Gasteiger partial charge in [-0.05, 0) is 84.2 Å². The van der Waals surface area contributed by atoms with Gasteiger partial charge >= 0.3 is 0 Å². The highest BCUT2D eigenvalue weighted by atomic mass is 35.5. The molecule has 0 saturated carbocycles. The van der Waals surface area contributed by atoms with E-state index in [4.69, 9.17) is 17.3 Å². The maximum Gasteiger partial charge on any atom is 0.251 e. The van der Waals surface area contributed by atoms with Crippen molar-refractivity contribution in [2.75, 3.05) is 20.1 Å². The third-order valence-corrected chi connectivity index (χ3v) is 8.19. The number of hydrogen-bond acceptors (Lipinski definition) is 5. The van der Waals surface area contributed by atoms with Gasteiger partial charge in [0.1, 0.15) is 0 Å². The lowest BCUT2D eigenvalue weighted by atomic mass is 9.81. The van der Waals surface area contributed by atoms with Gasteiger partial charge in [-0.15, -0.1) is 0 Å². The Kier molecular flexibility index (Phi) is 7.86. The fourth-order valence-corrected chi connectivity index (χ4v) is 5.88. The van der Waals surface area contributed by atoms with Crippen molar-refractivity contribution in [3.63, 3.8) is 0 Å². The number of hydrogen-bond donors (Lipinski definition) is 2. The number of nitrogens with two attached hydrogens (primary N) is 1. The van der Waals surface area contributed by atoms with Gasteiger partial charge in [0.25, 0.3) is 5.56 Å². The molecule has 1 saturated heterocycles. The van der Waals surface area contributed by atoms with E-state index in [9.17, 15) is 9.90 Å². The average Bonchev–Trinajstić information content (AvgIpc) is 3.48. The predicted octanol–water partition coefficient (Wildman–Crippen LogP) is 5.57. The first kappa shape index (κ1) is 27.7. The van der Waals surface area contributed by atoms with Crippen molar-refractivity contribution in [3.05, 3.63) is 130 Å². The van der Waals surface area contributed by atoms with E-state index in [1.807, 2.05) is 48.5 Å². The van der Waals surface area contributed by atoms with Gasteiger partial charge < -0.3 is 20.3 Å². The predicted molar refractivity (Wildman–Crippen MR) is 164 cm³/mol. The van der Waals surface area contributed by atoms with Crippen LogP contribution in [0.25, 0.3) is 22.0 Å². The number of nitrogens with zero attached hydrogens (tertiary/aromatic N) is 3. The van der Waals surface area contributed by atoms with Gasteiger partial charge in [0.05, 0.1) is 11.2 Å². The Balaban J connectivity index is 1.70. The van der Waals surface area contributed by atoms with Crippen molar-refractivity contribution in [2.45, 2.75) is 25.0 Å².